The van der Waals surface area contributed by atoms with E-state index in [0.29, 0.717) is 5.56 Å². The standard InChI is InChI=1S/C14H12F3NO4S.C2H6/c1-21-13(12(19)20,11-7-23-8-18-11)6-9-3-2-4-10(5-9)22-14(15,16)17;1-2/h2-5,7-8H,6H2,1H3,(H,19,20);1-2H3. The summed E-state index contributed by atoms with van der Waals surface area (Å²) in [5.41, 5.74) is 0.162. The highest BCUT2D eigenvalue weighted by Crippen LogP contribution is 2.31. The number of methoxy groups -OCH3 is 1. The van der Waals surface area contributed by atoms with E-state index in [1.54, 1.807) is 0 Å². The van der Waals surface area contributed by atoms with Gasteiger partial charge in [-0.25, -0.2) is 9.78 Å². The van der Waals surface area contributed by atoms with Gasteiger partial charge in [0.05, 0.1) is 11.2 Å². The number of benzene rings is 1. The molecular formula is C16H18F3NO4S. The Hall–Kier alpha value is -2.13. The first-order valence-corrected chi connectivity index (χ1v) is 8.23. The number of rotatable bonds is 6. The van der Waals surface area contributed by atoms with Crippen LogP contribution in [0.2, 0.25) is 0 Å². The third-order valence-corrected chi connectivity index (χ3v) is 3.71. The highest BCUT2D eigenvalue weighted by molar-refractivity contribution is 7.07. The van der Waals surface area contributed by atoms with Gasteiger partial charge >= 0.3 is 12.3 Å². The summed E-state index contributed by atoms with van der Waals surface area (Å²) in [6.07, 6.45) is -5.02. The minimum absolute atomic E-state index is 0.180. The summed E-state index contributed by atoms with van der Waals surface area (Å²) in [5.74, 6) is -1.71. The van der Waals surface area contributed by atoms with Crippen LogP contribution in [-0.4, -0.2) is 29.5 Å². The second-order valence-corrected chi connectivity index (χ2v) is 5.30. The number of nitrogens with zero attached hydrogens (tertiary/aromatic N) is 1. The monoisotopic (exact) mass is 377 g/mol. The van der Waals surface area contributed by atoms with Crippen molar-refractivity contribution in [2.24, 2.45) is 0 Å². The number of carbonyl (C=O) groups is 1. The predicted octanol–water partition coefficient (Wildman–Crippen LogP) is 4.24. The van der Waals surface area contributed by atoms with E-state index in [1.807, 2.05) is 13.8 Å². The SMILES string of the molecule is CC.COC(Cc1cccc(OC(F)(F)F)c1)(C(=O)O)c1cscn1. The number of ether oxygens (including phenoxy) is 2. The molecule has 138 valence electrons. The average molecular weight is 377 g/mol. The summed E-state index contributed by atoms with van der Waals surface area (Å²) in [6, 6.07) is 5.09. The lowest BCUT2D eigenvalue weighted by Crippen LogP contribution is -2.40. The predicted molar refractivity (Wildman–Crippen MR) is 86.6 cm³/mol. The quantitative estimate of drug-likeness (QED) is 0.816. The molecular weight excluding hydrogens is 359 g/mol. The van der Waals surface area contributed by atoms with Crippen molar-refractivity contribution in [2.75, 3.05) is 7.11 Å². The van der Waals surface area contributed by atoms with Gasteiger partial charge in [0, 0.05) is 18.9 Å². The zero-order chi connectivity index (χ0) is 19.1. The van der Waals surface area contributed by atoms with Gasteiger partial charge < -0.3 is 14.6 Å². The molecule has 1 heterocycles. The molecule has 0 aliphatic rings. The van der Waals surface area contributed by atoms with Crippen molar-refractivity contribution in [1.82, 2.24) is 4.98 Å². The lowest BCUT2D eigenvalue weighted by Gasteiger charge is -2.26. The van der Waals surface area contributed by atoms with E-state index in [2.05, 4.69) is 9.72 Å². The molecule has 1 unspecified atom stereocenters. The van der Waals surface area contributed by atoms with Crippen LogP contribution < -0.4 is 4.74 Å². The van der Waals surface area contributed by atoms with Crippen LogP contribution in [0.1, 0.15) is 25.1 Å². The number of aliphatic carboxylic acids is 1. The van der Waals surface area contributed by atoms with Gasteiger partial charge in [-0.1, -0.05) is 26.0 Å². The Morgan fingerprint density at radius 2 is 2.00 bits per heavy atom. The van der Waals surface area contributed by atoms with Crippen molar-refractivity contribution < 1.29 is 32.5 Å². The number of carboxylic acid groups (broad SMARTS) is 1. The molecule has 9 heteroatoms. The molecule has 0 aliphatic carbocycles. The van der Waals surface area contributed by atoms with Crippen molar-refractivity contribution in [3.8, 4) is 5.75 Å². The number of hydrogen-bond donors (Lipinski definition) is 1. The first kappa shape index (κ1) is 20.9. The number of halogens is 3. The van der Waals surface area contributed by atoms with Crippen molar-refractivity contribution in [3.05, 3.63) is 46.4 Å². The summed E-state index contributed by atoms with van der Waals surface area (Å²) in [6.45, 7) is 4.00. The third kappa shape index (κ3) is 5.43. The van der Waals surface area contributed by atoms with Crippen LogP contribution in [0.25, 0.3) is 0 Å². The van der Waals surface area contributed by atoms with Crippen molar-refractivity contribution in [1.29, 1.82) is 0 Å². The summed E-state index contributed by atoms with van der Waals surface area (Å²) >= 11 is 1.19. The Balaban J connectivity index is 0.00000151. The Labute approximate surface area is 147 Å². The van der Waals surface area contributed by atoms with Gasteiger partial charge in [0.2, 0.25) is 5.60 Å². The molecule has 0 radical (unpaired) electrons. The fraction of sp³-hybridized carbons (Fsp3) is 0.375. The van der Waals surface area contributed by atoms with Gasteiger partial charge in [-0.2, -0.15) is 0 Å². The van der Waals surface area contributed by atoms with Crippen molar-refractivity contribution >= 4 is 17.3 Å². The Morgan fingerprint density at radius 1 is 1.32 bits per heavy atom. The molecule has 0 saturated heterocycles. The van der Waals surface area contributed by atoms with Gasteiger partial charge in [0.1, 0.15) is 5.75 Å². The second-order valence-electron chi connectivity index (χ2n) is 4.58. The van der Waals surface area contributed by atoms with Crippen LogP contribution in [-0.2, 0) is 21.6 Å². The molecule has 2 rings (SSSR count). The van der Waals surface area contributed by atoms with Gasteiger partial charge in [-0.15, -0.1) is 24.5 Å². The first-order chi connectivity index (χ1) is 11.8. The number of aromatic nitrogens is 1. The maximum Gasteiger partial charge on any atom is 0.573 e. The smallest absolute Gasteiger partial charge is 0.479 e. The van der Waals surface area contributed by atoms with Crippen LogP contribution >= 0.6 is 11.3 Å². The highest BCUT2D eigenvalue weighted by atomic mass is 32.1. The average Bonchev–Trinajstić information content (AvgIpc) is 3.08. The molecule has 1 N–H and O–H groups in total. The molecule has 0 saturated carbocycles. The molecule has 0 fully saturated rings. The largest absolute Gasteiger partial charge is 0.573 e. The number of hydrogen-bond acceptors (Lipinski definition) is 5. The van der Waals surface area contributed by atoms with Crippen LogP contribution in [0, 0.1) is 0 Å². The number of carboxylic acids is 1. The van der Waals surface area contributed by atoms with Gasteiger partial charge in [0.15, 0.2) is 0 Å². The molecule has 1 aromatic heterocycles. The molecule has 0 aliphatic heterocycles. The zero-order valence-electron chi connectivity index (χ0n) is 13.8. The molecule has 25 heavy (non-hydrogen) atoms. The molecule has 5 nitrogen and oxygen atoms in total. The van der Waals surface area contributed by atoms with Crippen LogP contribution in [0.3, 0.4) is 0 Å². The van der Waals surface area contributed by atoms with Crippen LogP contribution in [0.5, 0.6) is 5.75 Å². The molecule has 0 amide bonds. The fourth-order valence-electron chi connectivity index (χ4n) is 2.09. The van der Waals surface area contributed by atoms with Crippen LogP contribution in [0.4, 0.5) is 13.2 Å². The number of thiazole rings is 1. The van der Waals surface area contributed by atoms with E-state index < -0.39 is 23.7 Å². The first-order valence-electron chi connectivity index (χ1n) is 7.29. The van der Waals surface area contributed by atoms with E-state index in [0.717, 1.165) is 12.1 Å². The fourth-order valence-corrected chi connectivity index (χ4v) is 2.71. The maximum atomic E-state index is 12.3. The van der Waals surface area contributed by atoms with E-state index in [9.17, 15) is 23.1 Å². The molecule has 2 aromatic rings. The van der Waals surface area contributed by atoms with Gasteiger partial charge in [-0.05, 0) is 17.7 Å². The lowest BCUT2D eigenvalue weighted by molar-refractivity contribution is -0.274. The van der Waals surface area contributed by atoms with E-state index in [-0.39, 0.29) is 12.1 Å². The minimum Gasteiger partial charge on any atom is -0.479 e. The Morgan fingerprint density at radius 3 is 2.48 bits per heavy atom. The topological polar surface area (TPSA) is 68.7 Å². The maximum absolute atomic E-state index is 12.3. The summed E-state index contributed by atoms with van der Waals surface area (Å²) in [5, 5.41) is 11.1. The zero-order valence-corrected chi connectivity index (χ0v) is 14.6. The Kier molecular flexibility index (Phi) is 7.38. The second kappa shape index (κ2) is 8.82. The van der Waals surface area contributed by atoms with Crippen molar-refractivity contribution in [3.63, 3.8) is 0 Å². The molecule has 1 atom stereocenters. The van der Waals surface area contributed by atoms with E-state index in [1.165, 1.54) is 41.5 Å². The number of alkyl halides is 3. The summed E-state index contributed by atoms with van der Waals surface area (Å²) in [7, 11) is 1.21. The summed E-state index contributed by atoms with van der Waals surface area (Å²) < 4.78 is 45.8. The molecule has 1 aromatic carbocycles. The lowest BCUT2D eigenvalue weighted by atomic mass is 9.91. The van der Waals surface area contributed by atoms with Gasteiger partial charge in [-0.3, -0.25) is 0 Å². The minimum atomic E-state index is -4.82. The van der Waals surface area contributed by atoms with Crippen molar-refractivity contribution in [2.45, 2.75) is 32.2 Å². The van der Waals surface area contributed by atoms with Gasteiger partial charge in [0.25, 0.3) is 0 Å². The highest BCUT2D eigenvalue weighted by Gasteiger charge is 2.43. The van der Waals surface area contributed by atoms with E-state index >= 15 is 0 Å². The molecule has 0 spiro atoms. The summed E-state index contributed by atoms with van der Waals surface area (Å²) in [4.78, 5) is 15.7. The normalized spacial score (nSPS) is 13.4. The Bertz CT molecular complexity index is 676. The molecule has 0 bridgehead atoms. The van der Waals surface area contributed by atoms with Crippen LogP contribution in [0.15, 0.2) is 35.2 Å². The van der Waals surface area contributed by atoms with E-state index in [4.69, 9.17) is 4.74 Å². The third-order valence-electron chi connectivity index (χ3n) is 3.13.